The molecule has 118 valence electrons. The molecule has 23 heavy (non-hydrogen) atoms. The average molecular weight is 386 g/mol. The summed E-state index contributed by atoms with van der Waals surface area (Å²) in [6.45, 7) is 3.96. The molecule has 0 aliphatic rings. The van der Waals surface area contributed by atoms with E-state index in [1.54, 1.807) is 18.2 Å². The Labute approximate surface area is 154 Å². The van der Waals surface area contributed by atoms with Crippen molar-refractivity contribution in [1.82, 2.24) is 9.78 Å². The lowest BCUT2D eigenvalue weighted by atomic mass is 10.0. The molecular weight excluding hydrogens is 374 g/mol. The van der Waals surface area contributed by atoms with Crippen molar-refractivity contribution in [2.75, 3.05) is 0 Å². The van der Waals surface area contributed by atoms with Crippen molar-refractivity contribution in [2.24, 2.45) is 0 Å². The van der Waals surface area contributed by atoms with Crippen LogP contribution < -0.4 is 0 Å². The van der Waals surface area contributed by atoms with Gasteiger partial charge in [0.1, 0.15) is 0 Å². The van der Waals surface area contributed by atoms with E-state index in [9.17, 15) is 0 Å². The van der Waals surface area contributed by atoms with Gasteiger partial charge in [-0.2, -0.15) is 5.10 Å². The van der Waals surface area contributed by atoms with Gasteiger partial charge in [0.15, 0.2) is 0 Å². The largest absolute Gasteiger partial charge is 0.237 e. The summed E-state index contributed by atoms with van der Waals surface area (Å²) in [4.78, 5) is 0. The predicted octanol–water partition coefficient (Wildman–Crippen LogP) is 6.77. The number of halogens is 4. The molecule has 3 aromatic rings. The summed E-state index contributed by atoms with van der Waals surface area (Å²) in [6.07, 6.45) is 0. The number of aromatic nitrogens is 2. The molecule has 1 heterocycles. The first-order valence-electron chi connectivity index (χ1n) is 6.85. The number of hydrogen-bond acceptors (Lipinski definition) is 1. The van der Waals surface area contributed by atoms with Gasteiger partial charge in [0.05, 0.1) is 31.5 Å². The van der Waals surface area contributed by atoms with Gasteiger partial charge < -0.3 is 0 Å². The molecule has 0 aliphatic carbocycles. The first-order chi connectivity index (χ1) is 10.9. The van der Waals surface area contributed by atoms with Crippen molar-refractivity contribution in [1.29, 1.82) is 0 Å². The van der Waals surface area contributed by atoms with Gasteiger partial charge in [-0.25, -0.2) is 4.68 Å². The first kappa shape index (κ1) is 16.7. The molecule has 0 spiro atoms. The molecule has 0 saturated heterocycles. The summed E-state index contributed by atoms with van der Waals surface area (Å²) in [7, 11) is 0. The quantitative estimate of drug-likeness (QED) is 0.475. The van der Waals surface area contributed by atoms with Gasteiger partial charge in [-0.15, -0.1) is 0 Å². The predicted molar refractivity (Wildman–Crippen MR) is 98.5 cm³/mol. The second-order valence-electron chi connectivity index (χ2n) is 5.18. The van der Waals surface area contributed by atoms with Gasteiger partial charge in [0.25, 0.3) is 0 Å². The van der Waals surface area contributed by atoms with Gasteiger partial charge in [-0.3, -0.25) is 0 Å². The number of nitrogens with zero attached hydrogens (tertiary/aromatic N) is 2. The van der Waals surface area contributed by atoms with Crippen LogP contribution in [-0.4, -0.2) is 9.78 Å². The molecule has 0 bridgehead atoms. The van der Waals surface area contributed by atoms with Gasteiger partial charge in [0.2, 0.25) is 0 Å². The summed E-state index contributed by atoms with van der Waals surface area (Å²) in [5.41, 5.74) is 4.73. The van der Waals surface area contributed by atoms with E-state index in [2.05, 4.69) is 5.10 Å². The van der Waals surface area contributed by atoms with Crippen LogP contribution in [0.25, 0.3) is 16.8 Å². The summed E-state index contributed by atoms with van der Waals surface area (Å²) >= 11 is 24.2. The average Bonchev–Trinajstić information content (AvgIpc) is 2.80. The van der Waals surface area contributed by atoms with Crippen LogP contribution in [-0.2, 0) is 0 Å². The zero-order chi connectivity index (χ0) is 16.7. The van der Waals surface area contributed by atoms with E-state index >= 15 is 0 Å². The van der Waals surface area contributed by atoms with Gasteiger partial charge >= 0.3 is 0 Å². The van der Waals surface area contributed by atoms with Crippen molar-refractivity contribution >= 4 is 46.4 Å². The van der Waals surface area contributed by atoms with Crippen molar-refractivity contribution in [3.8, 4) is 16.8 Å². The highest BCUT2D eigenvalue weighted by atomic mass is 35.5. The molecular formula is C17H12Cl4N2. The maximum absolute atomic E-state index is 6.14. The van der Waals surface area contributed by atoms with Crippen LogP contribution in [0.2, 0.25) is 20.1 Å². The molecule has 0 amide bonds. The Morgan fingerprint density at radius 3 is 2.00 bits per heavy atom. The summed E-state index contributed by atoms with van der Waals surface area (Å²) in [6, 6.07) is 11.0. The van der Waals surface area contributed by atoms with Crippen LogP contribution in [0, 0.1) is 13.8 Å². The number of hydrogen-bond donors (Lipinski definition) is 0. The fraction of sp³-hybridized carbons (Fsp3) is 0.118. The van der Waals surface area contributed by atoms with Crippen molar-refractivity contribution in [3.05, 3.63) is 67.9 Å². The Bertz CT molecular complexity index is 900. The number of rotatable bonds is 2. The molecule has 0 N–H and O–H groups in total. The number of benzene rings is 2. The molecule has 0 saturated carbocycles. The fourth-order valence-electron chi connectivity index (χ4n) is 2.58. The summed E-state index contributed by atoms with van der Waals surface area (Å²) < 4.78 is 1.84. The third-order valence-electron chi connectivity index (χ3n) is 3.65. The van der Waals surface area contributed by atoms with Crippen molar-refractivity contribution in [2.45, 2.75) is 13.8 Å². The van der Waals surface area contributed by atoms with E-state index in [1.165, 1.54) is 0 Å². The van der Waals surface area contributed by atoms with Crippen molar-refractivity contribution in [3.63, 3.8) is 0 Å². The van der Waals surface area contributed by atoms with Crippen LogP contribution in [0.4, 0.5) is 0 Å². The highest BCUT2D eigenvalue weighted by Gasteiger charge is 2.16. The minimum Gasteiger partial charge on any atom is -0.237 e. The van der Waals surface area contributed by atoms with Crippen LogP contribution in [0.15, 0.2) is 36.4 Å². The highest BCUT2D eigenvalue weighted by molar-refractivity contribution is 6.42. The van der Waals surface area contributed by atoms with E-state index in [0.717, 1.165) is 28.2 Å². The first-order valence-corrected chi connectivity index (χ1v) is 8.36. The Morgan fingerprint density at radius 2 is 1.39 bits per heavy atom. The Morgan fingerprint density at radius 1 is 0.783 bits per heavy atom. The molecule has 0 aliphatic heterocycles. The minimum absolute atomic E-state index is 0.493. The van der Waals surface area contributed by atoms with E-state index in [4.69, 9.17) is 46.4 Å². The van der Waals surface area contributed by atoms with Gasteiger partial charge in [0, 0.05) is 11.3 Å². The number of aryl methyl sites for hydroxylation is 1. The fourth-order valence-corrected chi connectivity index (χ4v) is 3.17. The van der Waals surface area contributed by atoms with Crippen LogP contribution >= 0.6 is 46.4 Å². The Balaban J connectivity index is 2.15. The van der Waals surface area contributed by atoms with E-state index in [1.807, 2.05) is 36.7 Å². The van der Waals surface area contributed by atoms with Crippen LogP contribution in [0.1, 0.15) is 11.4 Å². The van der Waals surface area contributed by atoms with Gasteiger partial charge in [-0.1, -0.05) is 52.5 Å². The maximum Gasteiger partial charge on any atom is 0.0679 e. The summed E-state index contributed by atoms with van der Waals surface area (Å²) in [5.74, 6) is 0. The van der Waals surface area contributed by atoms with E-state index < -0.39 is 0 Å². The molecule has 0 radical (unpaired) electrons. The SMILES string of the molecule is Cc1nn(-c2ccc(Cl)c(Cl)c2)c(C)c1-c1ccc(Cl)c(Cl)c1. The lowest BCUT2D eigenvalue weighted by molar-refractivity contribution is 0.834. The highest BCUT2D eigenvalue weighted by Crippen LogP contribution is 2.34. The van der Waals surface area contributed by atoms with Crippen LogP contribution in [0.5, 0.6) is 0 Å². The minimum atomic E-state index is 0.493. The van der Waals surface area contributed by atoms with E-state index in [-0.39, 0.29) is 0 Å². The zero-order valence-electron chi connectivity index (χ0n) is 12.4. The standard InChI is InChI=1S/C17H12Cl4N2/c1-9-17(11-3-5-13(18)15(20)7-11)10(2)23(22-9)12-4-6-14(19)16(21)8-12/h3-8H,1-2H3. The van der Waals surface area contributed by atoms with Gasteiger partial charge in [-0.05, 0) is 49.7 Å². The molecule has 2 nitrogen and oxygen atoms in total. The van der Waals surface area contributed by atoms with Crippen LogP contribution in [0.3, 0.4) is 0 Å². The second kappa shape index (κ2) is 6.37. The molecule has 3 rings (SSSR count). The lowest BCUT2D eigenvalue weighted by Gasteiger charge is -2.07. The zero-order valence-corrected chi connectivity index (χ0v) is 15.4. The molecule has 6 heteroatoms. The summed E-state index contributed by atoms with van der Waals surface area (Å²) in [5, 5.41) is 6.68. The maximum atomic E-state index is 6.14. The molecule has 0 unspecified atom stereocenters. The molecule has 0 fully saturated rings. The molecule has 2 aromatic carbocycles. The Kier molecular flexibility index (Phi) is 4.61. The third-order valence-corrected chi connectivity index (χ3v) is 5.13. The monoisotopic (exact) mass is 384 g/mol. The smallest absolute Gasteiger partial charge is 0.0679 e. The third kappa shape index (κ3) is 3.09. The Hall–Kier alpha value is -1.19. The van der Waals surface area contributed by atoms with E-state index in [0.29, 0.717) is 20.1 Å². The molecule has 1 aromatic heterocycles. The molecule has 0 atom stereocenters. The normalized spacial score (nSPS) is 11.0. The lowest BCUT2D eigenvalue weighted by Crippen LogP contribution is -1.99. The van der Waals surface area contributed by atoms with Crippen molar-refractivity contribution < 1.29 is 0 Å². The topological polar surface area (TPSA) is 17.8 Å². The second-order valence-corrected chi connectivity index (χ2v) is 6.81.